The molecule has 1 aromatic carbocycles. The third-order valence-corrected chi connectivity index (χ3v) is 3.28. The van der Waals surface area contributed by atoms with Gasteiger partial charge in [0.25, 0.3) is 0 Å². The number of nitrogens with zero attached hydrogens (tertiary/aromatic N) is 2. The Balaban J connectivity index is 2.17. The maximum absolute atomic E-state index is 6.00. The lowest BCUT2D eigenvalue weighted by Crippen LogP contribution is -1.91. The Kier molecular flexibility index (Phi) is 2.90. The number of nitrogens with two attached hydrogens (primary N) is 1. The first-order valence-electron chi connectivity index (χ1n) is 6.18. The van der Waals surface area contributed by atoms with E-state index in [2.05, 4.69) is 20.4 Å². The van der Waals surface area contributed by atoms with Crippen LogP contribution in [0.15, 0.2) is 30.6 Å². The Hall–Kier alpha value is -2.76. The molecule has 6 nitrogen and oxygen atoms in total. The number of aromatic amines is 2. The molecule has 102 valence electrons. The van der Waals surface area contributed by atoms with Gasteiger partial charge in [0.2, 0.25) is 0 Å². The van der Waals surface area contributed by atoms with Crippen molar-refractivity contribution < 1.29 is 4.74 Å². The fraction of sp³-hybridized carbons (Fsp3) is 0.143. The standard InChI is InChI=1S/C14H15N5O/c1-8-3-4-9(5-11(8)20-2)12-13(18-19-14(12)15)10-6-16-17-7-10/h3-7H,1-2H3,(H,16,17)(H3,15,18,19). The number of aryl methyl sites for hydroxylation is 1. The molecule has 0 spiro atoms. The van der Waals surface area contributed by atoms with E-state index < -0.39 is 0 Å². The molecule has 2 aromatic heterocycles. The second-order valence-corrected chi connectivity index (χ2v) is 4.53. The molecule has 0 amide bonds. The molecule has 0 radical (unpaired) electrons. The molecule has 0 aliphatic rings. The van der Waals surface area contributed by atoms with Gasteiger partial charge in [-0.1, -0.05) is 12.1 Å². The average Bonchev–Trinajstić information content (AvgIpc) is 3.08. The Morgan fingerprint density at radius 1 is 1.25 bits per heavy atom. The van der Waals surface area contributed by atoms with Crippen molar-refractivity contribution in [1.29, 1.82) is 0 Å². The van der Waals surface area contributed by atoms with Crippen molar-refractivity contribution in [3.63, 3.8) is 0 Å². The van der Waals surface area contributed by atoms with Crippen LogP contribution in [0.1, 0.15) is 5.56 Å². The van der Waals surface area contributed by atoms with Crippen molar-refractivity contribution in [2.45, 2.75) is 6.92 Å². The minimum atomic E-state index is 0.451. The summed E-state index contributed by atoms with van der Waals surface area (Å²) in [5, 5.41) is 13.8. The van der Waals surface area contributed by atoms with Crippen LogP contribution in [0.3, 0.4) is 0 Å². The molecule has 0 bridgehead atoms. The normalized spacial score (nSPS) is 10.7. The number of hydrogen-bond acceptors (Lipinski definition) is 4. The summed E-state index contributed by atoms with van der Waals surface area (Å²) in [6, 6.07) is 5.96. The zero-order valence-electron chi connectivity index (χ0n) is 11.3. The van der Waals surface area contributed by atoms with Crippen LogP contribution in [0.5, 0.6) is 5.75 Å². The molecular formula is C14H15N5O. The third kappa shape index (κ3) is 1.91. The van der Waals surface area contributed by atoms with Crippen molar-refractivity contribution in [3.05, 3.63) is 36.2 Å². The van der Waals surface area contributed by atoms with Gasteiger partial charge in [-0.15, -0.1) is 0 Å². The predicted molar refractivity (Wildman–Crippen MR) is 77.3 cm³/mol. The molecule has 20 heavy (non-hydrogen) atoms. The first-order valence-corrected chi connectivity index (χ1v) is 6.18. The van der Waals surface area contributed by atoms with Crippen LogP contribution < -0.4 is 10.5 Å². The summed E-state index contributed by atoms with van der Waals surface area (Å²) < 4.78 is 5.36. The summed E-state index contributed by atoms with van der Waals surface area (Å²) in [6.07, 6.45) is 3.52. The molecule has 0 aliphatic heterocycles. The van der Waals surface area contributed by atoms with E-state index in [1.165, 1.54) is 0 Å². The summed E-state index contributed by atoms with van der Waals surface area (Å²) in [7, 11) is 1.65. The van der Waals surface area contributed by atoms with Crippen molar-refractivity contribution in [1.82, 2.24) is 20.4 Å². The number of benzene rings is 1. The predicted octanol–water partition coefficient (Wildman–Crippen LogP) is 2.37. The lowest BCUT2D eigenvalue weighted by molar-refractivity contribution is 0.412. The smallest absolute Gasteiger partial charge is 0.153 e. The summed E-state index contributed by atoms with van der Waals surface area (Å²) in [6.45, 7) is 2.00. The number of rotatable bonds is 3. The highest BCUT2D eigenvalue weighted by molar-refractivity contribution is 5.87. The van der Waals surface area contributed by atoms with Crippen molar-refractivity contribution in [3.8, 4) is 28.1 Å². The van der Waals surface area contributed by atoms with Gasteiger partial charge in [0.05, 0.1) is 24.6 Å². The monoisotopic (exact) mass is 269 g/mol. The summed E-state index contributed by atoms with van der Waals surface area (Å²) in [4.78, 5) is 0. The molecule has 4 N–H and O–H groups in total. The van der Waals surface area contributed by atoms with Crippen LogP contribution in [0.25, 0.3) is 22.4 Å². The van der Waals surface area contributed by atoms with Gasteiger partial charge in [-0.05, 0) is 24.1 Å². The van der Waals surface area contributed by atoms with E-state index in [-0.39, 0.29) is 0 Å². The van der Waals surface area contributed by atoms with Gasteiger partial charge >= 0.3 is 0 Å². The first-order chi connectivity index (χ1) is 9.70. The van der Waals surface area contributed by atoms with E-state index in [0.29, 0.717) is 5.82 Å². The zero-order chi connectivity index (χ0) is 14.1. The quantitative estimate of drug-likeness (QED) is 0.680. The van der Waals surface area contributed by atoms with Gasteiger partial charge in [0.15, 0.2) is 5.82 Å². The van der Waals surface area contributed by atoms with Gasteiger partial charge in [0, 0.05) is 11.8 Å². The van der Waals surface area contributed by atoms with Gasteiger partial charge in [0.1, 0.15) is 5.75 Å². The van der Waals surface area contributed by atoms with E-state index >= 15 is 0 Å². The maximum atomic E-state index is 6.00. The van der Waals surface area contributed by atoms with Crippen LogP contribution >= 0.6 is 0 Å². The highest BCUT2D eigenvalue weighted by Crippen LogP contribution is 2.36. The highest BCUT2D eigenvalue weighted by Gasteiger charge is 2.16. The molecule has 0 unspecified atom stereocenters. The maximum Gasteiger partial charge on any atom is 0.153 e. The first kappa shape index (κ1) is 12.3. The van der Waals surface area contributed by atoms with Crippen LogP contribution in [0, 0.1) is 6.92 Å². The van der Waals surface area contributed by atoms with E-state index in [0.717, 1.165) is 33.7 Å². The number of anilines is 1. The number of nitrogens with one attached hydrogen (secondary N) is 2. The molecular weight excluding hydrogens is 254 g/mol. The van der Waals surface area contributed by atoms with E-state index in [1.54, 1.807) is 19.5 Å². The van der Waals surface area contributed by atoms with E-state index in [9.17, 15) is 0 Å². The van der Waals surface area contributed by atoms with Crippen LogP contribution in [0.2, 0.25) is 0 Å². The Bertz CT molecular complexity index is 730. The Morgan fingerprint density at radius 2 is 2.10 bits per heavy atom. The van der Waals surface area contributed by atoms with Crippen LogP contribution in [0.4, 0.5) is 5.82 Å². The van der Waals surface area contributed by atoms with Crippen molar-refractivity contribution >= 4 is 5.82 Å². The number of H-pyrrole nitrogens is 2. The molecule has 0 saturated carbocycles. The van der Waals surface area contributed by atoms with Gasteiger partial charge in [-0.3, -0.25) is 10.2 Å². The molecule has 6 heteroatoms. The minimum Gasteiger partial charge on any atom is -0.496 e. The zero-order valence-corrected chi connectivity index (χ0v) is 11.3. The molecule has 2 heterocycles. The van der Waals surface area contributed by atoms with E-state index in [4.69, 9.17) is 10.5 Å². The molecule has 0 saturated heterocycles. The van der Waals surface area contributed by atoms with Gasteiger partial charge in [-0.25, -0.2) is 0 Å². The van der Waals surface area contributed by atoms with Crippen LogP contribution in [-0.2, 0) is 0 Å². The number of ether oxygens (including phenoxy) is 1. The molecule has 0 fully saturated rings. The molecule has 3 aromatic rings. The van der Waals surface area contributed by atoms with Gasteiger partial charge in [-0.2, -0.15) is 10.2 Å². The number of hydrogen-bond donors (Lipinski definition) is 3. The number of nitrogen functional groups attached to an aromatic ring is 1. The largest absolute Gasteiger partial charge is 0.496 e. The summed E-state index contributed by atoms with van der Waals surface area (Å²) >= 11 is 0. The van der Waals surface area contributed by atoms with Crippen molar-refractivity contribution in [2.75, 3.05) is 12.8 Å². The number of aromatic nitrogens is 4. The molecule has 0 atom stereocenters. The topological polar surface area (TPSA) is 92.6 Å². The summed E-state index contributed by atoms with van der Waals surface area (Å²) in [5.74, 6) is 1.27. The second-order valence-electron chi connectivity index (χ2n) is 4.53. The molecule has 3 rings (SSSR count). The van der Waals surface area contributed by atoms with E-state index in [1.807, 2.05) is 25.1 Å². The van der Waals surface area contributed by atoms with Crippen LogP contribution in [-0.4, -0.2) is 27.5 Å². The van der Waals surface area contributed by atoms with Gasteiger partial charge < -0.3 is 10.5 Å². The minimum absolute atomic E-state index is 0.451. The van der Waals surface area contributed by atoms with Crippen molar-refractivity contribution in [2.24, 2.45) is 0 Å². The number of methoxy groups -OCH3 is 1. The fourth-order valence-corrected chi connectivity index (χ4v) is 2.22. The fourth-order valence-electron chi connectivity index (χ4n) is 2.22. The Labute approximate surface area is 116 Å². The Morgan fingerprint density at radius 3 is 2.80 bits per heavy atom. The third-order valence-electron chi connectivity index (χ3n) is 3.28. The average molecular weight is 269 g/mol. The highest BCUT2D eigenvalue weighted by atomic mass is 16.5. The summed E-state index contributed by atoms with van der Waals surface area (Å²) in [5.41, 5.74) is 10.6. The second kappa shape index (κ2) is 4.73. The molecule has 0 aliphatic carbocycles. The lowest BCUT2D eigenvalue weighted by atomic mass is 10.0. The lowest BCUT2D eigenvalue weighted by Gasteiger charge is -2.08. The SMILES string of the molecule is COc1cc(-c2c(N)n[nH]c2-c2cn[nH]c2)ccc1C.